The summed E-state index contributed by atoms with van der Waals surface area (Å²) in [4.78, 5) is 0. The molecule has 0 N–H and O–H groups in total. The number of hydrogen-bond acceptors (Lipinski definition) is 2. The lowest BCUT2D eigenvalue weighted by Gasteiger charge is -2.09. The molecule has 0 fully saturated rings. The number of alkyl halides is 3. The van der Waals surface area contributed by atoms with Gasteiger partial charge in [-0.05, 0) is 29.8 Å². The molecule has 0 bridgehead atoms. The molecule has 20 heavy (non-hydrogen) atoms. The van der Waals surface area contributed by atoms with Crippen LogP contribution in [0.3, 0.4) is 0 Å². The van der Waals surface area contributed by atoms with Gasteiger partial charge in [-0.3, -0.25) is 0 Å². The topological polar surface area (TPSA) is 18.5 Å². The molecule has 0 aliphatic carbocycles. The van der Waals surface area contributed by atoms with Gasteiger partial charge in [0.1, 0.15) is 11.5 Å². The zero-order valence-corrected chi connectivity index (χ0v) is 10.6. The van der Waals surface area contributed by atoms with E-state index in [1.54, 1.807) is 12.1 Å². The van der Waals surface area contributed by atoms with E-state index in [0.29, 0.717) is 13.0 Å². The van der Waals surface area contributed by atoms with E-state index in [2.05, 4.69) is 4.74 Å². The Balaban J connectivity index is 1.82. The quantitative estimate of drug-likeness (QED) is 0.818. The molecule has 106 valence electrons. The molecule has 0 spiro atoms. The van der Waals surface area contributed by atoms with Crippen LogP contribution in [0.4, 0.5) is 13.2 Å². The normalized spacial score (nSPS) is 11.2. The summed E-state index contributed by atoms with van der Waals surface area (Å²) in [6.07, 6.45) is -4.04. The first kappa shape index (κ1) is 14.2. The minimum atomic E-state index is -4.65. The van der Waals surface area contributed by atoms with Gasteiger partial charge in [0.15, 0.2) is 0 Å². The molecule has 5 heteroatoms. The highest BCUT2D eigenvalue weighted by Gasteiger charge is 2.30. The summed E-state index contributed by atoms with van der Waals surface area (Å²) in [6, 6.07) is 15.1. The standard InChI is InChI=1S/C15H13F3O2/c16-15(17,18)20-14-8-6-12(7-9-14)10-11-19-13-4-2-1-3-5-13/h1-9H,10-11H2. The lowest BCUT2D eigenvalue weighted by atomic mass is 10.1. The third-order valence-electron chi connectivity index (χ3n) is 2.56. The van der Waals surface area contributed by atoms with Crippen molar-refractivity contribution < 1.29 is 22.6 Å². The van der Waals surface area contributed by atoms with Crippen molar-refractivity contribution in [3.8, 4) is 11.5 Å². The maximum absolute atomic E-state index is 12.0. The Morgan fingerprint density at radius 2 is 1.45 bits per heavy atom. The van der Waals surface area contributed by atoms with Gasteiger partial charge >= 0.3 is 6.36 Å². The van der Waals surface area contributed by atoms with E-state index in [1.807, 2.05) is 30.3 Å². The first-order chi connectivity index (χ1) is 9.53. The Morgan fingerprint density at radius 1 is 0.800 bits per heavy atom. The second-order valence-electron chi connectivity index (χ2n) is 4.10. The van der Waals surface area contributed by atoms with Crippen LogP contribution in [-0.4, -0.2) is 13.0 Å². The smallest absolute Gasteiger partial charge is 0.493 e. The summed E-state index contributed by atoms with van der Waals surface area (Å²) in [7, 11) is 0. The third-order valence-corrected chi connectivity index (χ3v) is 2.56. The van der Waals surface area contributed by atoms with Crippen molar-refractivity contribution in [3.63, 3.8) is 0 Å². The van der Waals surface area contributed by atoms with E-state index in [9.17, 15) is 13.2 Å². The summed E-state index contributed by atoms with van der Waals surface area (Å²) in [5.74, 6) is 0.551. The minimum absolute atomic E-state index is 0.217. The molecular formula is C15H13F3O2. The first-order valence-electron chi connectivity index (χ1n) is 6.05. The van der Waals surface area contributed by atoms with Gasteiger partial charge in [-0.25, -0.2) is 0 Å². The zero-order chi connectivity index (χ0) is 14.4. The lowest BCUT2D eigenvalue weighted by Crippen LogP contribution is -2.17. The fourth-order valence-electron chi connectivity index (χ4n) is 1.66. The van der Waals surface area contributed by atoms with Crippen LogP contribution in [0.15, 0.2) is 54.6 Å². The summed E-state index contributed by atoms with van der Waals surface area (Å²) in [5, 5.41) is 0. The molecule has 0 atom stereocenters. The Hall–Kier alpha value is -2.17. The fraction of sp³-hybridized carbons (Fsp3) is 0.200. The number of ether oxygens (including phenoxy) is 2. The molecule has 0 saturated carbocycles. The summed E-state index contributed by atoms with van der Waals surface area (Å²) >= 11 is 0. The minimum Gasteiger partial charge on any atom is -0.493 e. The Kier molecular flexibility index (Phi) is 4.50. The van der Waals surface area contributed by atoms with E-state index < -0.39 is 6.36 Å². The molecule has 0 unspecified atom stereocenters. The second-order valence-corrected chi connectivity index (χ2v) is 4.10. The predicted octanol–water partition coefficient (Wildman–Crippen LogP) is 4.21. The number of hydrogen-bond donors (Lipinski definition) is 0. The van der Waals surface area contributed by atoms with Gasteiger partial charge in [0.05, 0.1) is 6.61 Å². The first-order valence-corrected chi connectivity index (χ1v) is 6.05. The zero-order valence-electron chi connectivity index (χ0n) is 10.6. The highest BCUT2D eigenvalue weighted by atomic mass is 19.4. The molecule has 2 nitrogen and oxygen atoms in total. The van der Waals surface area contributed by atoms with Crippen molar-refractivity contribution in [2.24, 2.45) is 0 Å². The monoisotopic (exact) mass is 282 g/mol. The summed E-state index contributed by atoms with van der Waals surface area (Å²) in [6.45, 7) is 0.462. The SMILES string of the molecule is FC(F)(F)Oc1ccc(CCOc2ccccc2)cc1. The largest absolute Gasteiger partial charge is 0.573 e. The van der Waals surface area contributed by atoms with Crippen LogP contribution in [0.1, 0.15) is 5.56 Å². The van der Waals surface area contributed by atoms with Crippen molar-refractivity contribution in [2.45, 2.75) is 12.8 Å². The molecular weight excluding hydrogens is 269 g/mol. The molecule has 0 aliphatic rings. The molecule has 2 aromatic carbocycles. The van der Waals surface area contributed by atoms with Gasteiger partial charge in [0.25, 0.3) is 0 Å². The van der Waals surface area contributed by atoms with Crippen LogP contribution in [0.25, 0.3) is 0 Å². The molecule has 0 aliphatic heterocycles. The predicted molar refractivity (Wildman–Crippen MR) is 68.8 cm³/mol. The van der Waals surface area contributed by atoms with Gasteiger partial charge in [-0.2, -0.15) is 0 Å². The average Bonchev–Trinajstić information content (AvgIpc) is 2.40. The van der Waals surface area contributed by atoms with Gasteiger partial charge < -0.3 is 9.47 Å². The van der Waals surface area contributed by atoms with Crippen LogP contribution < -0.4 is 9.47 Å². The maximum Gasteiger partial charge on any atom is 0.573 e. The molecule has 0 radical (unpaired) electrons. The molecule has 2 aromatic rings. The van der Waals surface area contributed by atoms with E-state index in [-0.39, 0.29) is 5.75 Å². The molecule has 2 rings (SSSR count). The Labute approximate surface area is 114 Å². The Morgan fingerprint density at radius 3 is 2.05 bits per heavy atom. The number of halogens is 3. The molecule has 0 amide bonds. The fourth-order valence-corrected chi connectivity index (χ4v) is 1.66. The van der Waals surface area contributed by atoms with E-state index in [0.717, 1.165) is 11.3 Å². The van der Waals surface area contributed by atoms with Crippen LogP contribution in [0.5, 0.6) is 11.5 Å². The van der Waals surface area contributed by atoms with Crippen molar-refractivity contribution in [1.29, 1.82) is 0 Å². The Bertz CT molecular complexity index is 521. The van der Waals surface area contributed by atoms with Gasteiger partial charge in [0.2, 0.25) is 0 Å². The van der Waals surface area contributed by atoms with Crippen LogP contribution >= 0.6 is 0 Å². The van der Waals surface area contributed by atoms with E-state index >= 15 is 0 Å². The van der Waals surface area contributed by atoms with Crippen LogP contribution in [0, 0.1) is 0 Å². The summed E-state index contributed by atoms with van der Waals surface area (Å²) < 4.78 is 45.3. The molecule has 0 aromatic heterocycles. The maximum atomic E-state index is 12.0. The van der Waals surface area contributed by atoms with Crippen LogP contribution in [-0.2, 0) is 6.42 Å². The van der Waals surface area contributed by atoms with Crippen molar-refractivity contribution in [1.82, 2.24) is 0 Å². The highest BCUT2D eigenvalue weighted by Crippen LogP contribution is 2.22. The van der Waals surface area contributed by atoms with E-state index in [4.69, 9.17) is 4.74 Å². The molecule has 0 saturated heterocycles. The number of rotatable bonds is 5. The van der Waals surface area contributed by atoms with Gasteiger partial charge in [-0.1, -0.05) is 30.3 Å². The van der Waals surface area contributed by atoms with E-state index in [1.165, 1.54) is 12.1 Å². The van der Waals surface area contributed by atoms with Crippen molar-refractivity contribution in [2.75, 3.05) is 6.61 Å². The van der Waals surface area contributed by atoms with Gasteiger partial charge in [0, 0.05) is 6.42 Å². The van der Waals surface area contributed by atoms with Crippen molar-refractivity contribution in [3.05, 3.63) is 60.2 Å². The number of benzene rings is 2. The van der Waals surface area contributed by atoms with Crippen molar-refractivity contribution >= 4 is 0 Å². The van der Waals surface area contributed by atoms with Crippen LogP contribution in [0.2, 0.25) is 0 Å². The lowest BCUT2D eigenvalue weighted by molar-refractivity contribution is -0.274. The second kappa shape index (κ2) is 6.32. The number of para-hydroxylation sites is 1. The highest BCUT2D eigenvalue weighted by molar-refractivity contribution is 5.27. The third kappa shape index (κ3) is 4.84. The molecule has 0 heterocycles. The average molecular weight is 282 g/mol. The summed E-state index contributed by atoms with van der Waals surface area (Å²) in [5.41, 5.74) is 0.885. The van der Waals surface area contributed by atoms with Gasteiger partial charge in [-0.15, -0.1) is 13.2 Å².